The molecule has 0 radical (unpaired) electrons. The summed E-state index contributed by atoms with van der Waals surface area (Å²) >= 11 is 0. The average Bonchev–Trinajstić information content (AvgIpc) is 2.02. The zero-order valence-corrected chi connectivity index (χ0v) is 7.84. The molecule has 3 heteroatoms. The first-order valence-electron chi connectivity index (χ1n) is 4.27. The Morgan fingerprint density at radius 1 is 1.54 bits per heavy atom. The molecule has 0 aliphatic carbocycles. The van der Waals surface area contributed by atoms with Crippen LogP contribution in [0.25, 0.3) is 0 Å². The summed E-state index contributed by atoms with van der Waals surface area (Å²) in [6, 6.07) is 4.54. The number of halogens is 1. The normalized spacial score (nSPS) is 12.6. The van der Waals surface area contributed by atoms with Gasteiger partial charge < -0.3 is 10.4 Å². The Morgan fingerprint density at radius 2 is 2.23 bits per heavy atom. The molecule has 0 aromatic heterocycles. The van der Waals surface area contributed by atoms with Crippen molar-refractivity contribution in [1.29, 1.82) is 0 Å². The molecule has 0 spiro atoms. The Balaban J connectivity index is 2.67. The van der Waals surface area contributed by atoms with Gasteiger partial charge in [-0.15, -0.1) is 0 Å². The van der Waals surface area contributed by atoms with Crippen molar-refractivity contribution in [3.05, 3.63) is 29.6 Å². The van der Waals surface area contributed by atoms with Gasteiger partial charge in [0.25, 0.3) is 0 Å². The van der Waals surface area contributed by atoms with Crippen LogP contribution >= 0.6 is 0 Å². The van der Waals surface area contributed by atoms with Crippen LogP contribution in [0.15, 0.2) is 18.2 Å². The minimum atomic E-state index is -0.399. The van der Waals surface area contributed by atoms with E-state index in [4.69, 9.17) is 5.11 Å². The summed E-state index contributed by atoms with van der Waals surface area (Å²) in [6.45, 7) is 4.01. The number of hydrogen-bond donors (Lipinski definition) is 2. The van der Waals surface area contributed by atoms with E-state index in [1.807, 2.05) is 6.92 Å². The van der Waals surface area contributed by atoms with E-state index < -0.39 is 6.10 Å². The van der Waals surface area contributed by atoms with Gasteiger partial charge in [-0.1, -0.05) is 0 Å². The number of aliphatic hydroxyl groups is 1. The van der Waals surface area contributed by atoms with Gasteiger partial charge in [-0.25, -0.2) is 4.39 Å². The molecule has 0 amide bonds. The number of aliphatic hydroxyl groups excluding tert-OH is 1. The third-order valence-electron chi connectivity index (χ3n) is 1.78. The predicted octanol–water partition coefficient (Wildman–Crippen LogP) is 1.93. The summed E-state index contributed by atoms with van der Waals surface area (Å²) in [7, 11) is 0. The molecule has 0 saturated heterocycles. The van der Waals surface area contributed by atoms with E-state index in [-0.39, 0.29) is 5.82 Å². The van der Waals surface area contributed by atoms with E-state index >= 15 is 0 Å². The smallest absolute Gasteiger partial charge is 0.123 e. The summed E-state index contributed by atoms with van der Waals surface area (Å²) in [4.78, 5) is 0. The van der Waals surface area contributed by atoms with Crippen LogP contribution in [0.4, 0.5) is 10.1 Å². The summed E-state index contributed by atoms with van der Waals surface area (Å²) < 4.78 is 12.7. The molecule has 0 saturated carbocycles. The second-order valence-corrected chi connectivity index (χ2v) is 3.19. The standard InChI is InChI=1S/C10H14FNO/c1-7-5-9(11)3-4-10(7)12-6-8(2)13/h3-5,8,12-13H,6H2,1-2H3/t8-/m1/s1. The lowest BCUT2D eigenvalue weighted by molar-refractivity contribution is 0.208. The van der Waals surface area contributed by atoms with Crippen LogP contribution < -0.4 is 5.32 Å². The van der Waals surface area contributed by atoms with Crippen molar-refractivity contribution in [2.75, 3.05) is 11.9 Å². The summed E-state index contributed by atoms with van der Waals surface area (Å²) in [5.41, 5.74) is 1.71. The van der Waals surface area contributed by atoms with E-state index in [0.717, 1.165) is 11.3 Å². The Morgan fingerprint density at radius 3 is 2.77 bits per heavy atom. The molecular formula is C10H14FNO. The Hall–Kier alpha value is -1.09. The van der Waals surface area contributed by atoms with E-state index in [0.29, 0.717) is 6.54 Å². The molecule has 2 nitrogen and oxygen atoms in total. The van der Waals surface area contributed by atoms with Crippen molar-refractivity contribution in [3.8, 4) is 0 Å². The molecule has 1 rings (SSSR count). The molecule has 2 N–H and O–H groups in total. The van der Waals surface area contributed by atoms with Crippen LogP contribution in [-0.4, -0.2) is 17.8 Å². The highest BCUT2D eigenvalue weighted by molar-refractivity contribution is 5.50. The second-order valence-electron chi connectivity index (χ2n) is 3.19. The molecule has 1 aromatic carbocycles. The lowest BCUT2D eigenvalue weighted by Gasteiger charge is -2.10. The van der Waals surface area contributed by atoms with Crippen molar-refractivity contribution in [2.24, 2.45) is 0 Å². The van der Waals surface area contributed by atoms with Crippen LogP contribution in [0.5, 0.6) is 0 Å². The van der Waals surface area contributed by atoms with E-state index in [2.05, 4.69) is 5.32 Å². The molecule has 0 unspecified atom stereocenters. The molecule has 1 aromatic rings. The van der Waals surface area contributed by atoms with E-state index in [9.17, 15) is 4.39 Å². The van der Waals surface area contributed by atoms with Crippen LogP contribution in [-0.2, 0) is 0 Å². The highest BCUT2D eigenvalue weighted by Crippen LogP contribution is 2.15. The van der Waals surface area contributed by atoms with Crippen LogP contribution in [0.2, 0.25) is 0 Å². The zero-order chi connectivity index (χ0) is 9.84. The number of anilines is 1. The van der Waals surface area contributed by atoms with E-state index in [1.54, 1.807) is 13.0 Å². The topological polar surface area (TPSA) is 32.3 Å². The summed E-state index contributed by atoms with van der Waals surface area (Å²) in [5, 5.41) is 12.0. The largest absolute Gasteiger partial charge is 0.392 e. The fourth-order valence-electron chi connectivity index (χ4n) is 1.08. The minimum Gasteiger partial charge on any atom is -0.392 e. The molecule has 72 valence electrons. The van der Waals surface area contributed by atoms with Gasteiger partial charge in [0.1, 0.15) is 5.82 Å². The molecule has 0 aliphatic heterocycles. The third kappa shape index (κ3) is 3.03. The second kappa shape index (κ2) is 4.23. The highest BCUT2D eigenvalue weighted by Gasteiger charge is 2.00. The lowest BCUT2D eigenvalue weighted by Crippen LogP contribution is -2.15. The molecular weight excluding hydrogens is 169 g/mol. The Labute approximate surface area is 77.4 Å². The SMILES string of the molecule is Cc1cc(F)ccc1NC[C@@H](C)O. The molecule has 0 aliphatic rings. The monoisotopic (exact) mass is 183 g/mol. The summed E-state index contributed by atoms with van der Waals surface area (Å²) in [6.07, 6.45) is -0.399. The van der Waals surface area contributed by atoms with Crippen molar-refractivity contribution in [1.82, 2.24) is 0 Å². The highest BCUT2D eigenvalue weighted by atomic mass is 19.1. The fourth-order valence-corrected chi connectivity index (χ4v) is 1.08. The van der Waals surface area contributed by atoms with Crippen LogP contribution in [0.1, 0.15) is 12.5 Å². The van der Waals surface area contributed by atoms with Gasteiger partial charge in [0.15, 0.2) is 0 Å². The summed E-state index contributed by atoms with van der Waals surface area (Å²) in [5.74, 6) is -0.236. The molecule has 0 heterocycles. The van der Waals surface area contributed by atoms with Gasteiger partial charge in [-0.05, 0) is 37.6 Å². The van der Waals surface area contributed by atoms with Gasteiger partial charge in [-0.3, -0.25) is 0 Å². The van der Waals surface area contributed by atoms with Gasteiger partial charge in [0.2, 0.25) is 0 Å². The maximum absolute atomic E-state index is 12.7. The Bertz CT molecular complexity index is 286. The Kier molecular flexibility index (Phi) is 3.25. The number of nitrogens with one attached hydrogen (secondary N) is 1. The van der Waals surface area contributed by atoms with Gasteiger partial charge in [0.05, 0.1) is 6.10 Å². The van der Waals surface area contributed by atoms with Crippen LogP contribution in [0.3, 0.4) is 0 Å². The molecule has 0 fully saturated rings. The quantitative estimate of drug-likeness (QED) is 0.750. The number of aryl methyl sites for hydroxylation is 1. The van der Waals surface area contributed by atoms with E-state index in [1.165, 1.54) is 12.1 Å². The van der Waals surface area contributed by atoms with Crippen molar-refractivity contribution >= 4 is 5.69 Å². The predicted molar refractivity (Wildman–Crippen MR) is 51.3 cm³/mol. The van der Waals surface area contributed by atoms with Crippen molar-refractivity contribution in [2.45, 2.75) is 20.0 Å². The first-order chi connectivity index (χ1) is 6.09. The van der Waals surface area contributed by atoms with Crippen LogP contribution in [0, 0.1) is 12.7 Å². The van der Waals surface area contributed by atoms with Crippen molar-refractivity contribution in [3.63, 3.8) is 0 Å². The maximum atomic E-state index is 12.7. The van der Waals surface area contributed by atoms with Gasteiger partial charge in [0, 0.05) is 12.2 Å². The first kappa shape index (κ1) is 9.99. The minimum absolute atomic E-state index is 0.236. The van der Waals surface area contributed by atoms with Gasteiger partial charge in [-0.2, -0.15) is 0 Å². The lowest BCUT2D eigenvalue weighted by atomic mass is 10.2. The zero-order valence-electron chi connectivity index (χ0n) is 7.84. The average molecular weight is 183 g/mol. The number of benzene rings is 1. The van der Waals surface area contributed by atoms with Crippen molar-refractivity contribution < 1.29 is 9.50 Å². The third-order valence-corrected chi connectivity index (χ3v) is 1.78. The maximum Gasteiger partial charge on any atom is 0.123 e. The first-order valence-corrected chi connectivity index (χ1v) is 4.27. The molecule has 0 bridgehead atoms. The number of rotatable bonds is 3. The fraction of sp³-hybridized carbons (Fsp3) is 0.400. The molecule has 13 heavy (non-hydrogen) atoms. The molecule has 1 atom stereocenters. The number of hydrogen-bond acceptors (Lipinski definition) is 2. The van der Waals surface area contributed by atoms with Gasteiger partial charge >= 0.3 is 0 Å².